The van der Waals surface area contributed by atoms with Gasteiger partial charge in [0.05, 0.1) is 34.6 Å². The molecule has 1 aromatic carbocycles. The van der Waals surface area contributed by atoms with Crippen LogP contribution >= 0.6 is 11.6 Å². The maximum atomic E-state index is 9.98. The van der Waals surface area contributed by atoms with Gasteiger partial charge in [-0.15, -0.1) is 0 Å². The Kier molecular flexibility index (Phi) is 7.67. The zero-order chi connectivity index (χ0) is 24.2. The first kappa shape index (κ1) is 24.4. The van der Waals surface area contributed by atoms with Crippen LogP contribution in [0.5, 0.6) is 5.75 Å². The van der Waals surface area contributed by atoms with E-state index in [0.29, 0.717) is 46.9 Å². The van der Waals surface area contributed by atoms with Gasteiger partial charge in [-0.05, 0) is 52.4 Å². The monoisotopic (exact) mass is 487 g/mol. The Bertz CT molecular complexity index is 1130. The summed E-state index contributed by atoms with van der Waals surface area (Å²) in [6, 6.07) is 5.46. The number of nitrogens with one attached hydrogen (secondary N) is 2. The van der Waals surface area contributed by atoms with Crippen LogP contribution < -0.4 is 15.4 Å². The summed E-state index contributed by atoms with van der Waals surface area (Å²) in [6.07, 6.45) is 0.272. The Hall–Kier alpha value is -2.72. The molecule has 0 bridgehead atoms. The number of aliphatic hydroxyl groups is 1. The third-order valence-corrected chi connectivity index (χ3v) is 6.08. The number of hydrogen-bond acceptors (Lipinski definition) is 9. The molecule has 0 amide bonds. The molecule has 0 saturated carbocycles. The van der Waals surface area contributed by atoms with E-state index in [0.717, 1.165) is 35.5 Å². The first-order valence-electron chi connectivity index (χ1n) is 11.3. The van der Waals surface area contributed by atoms with Crippen LogP contribution in [0.15, 0.2) is 22.7 Å². The molecule has 10 heteroatoms. The van der Waals surface area contributed by atoms with Crippen LogP contribution in [-0.2, 0) is 4.74 Å². The quantitative estimate of drug-likeness (QED) is 0.417. The Morgan fingerprint density at radius 2 is 2.09 bits per heavy atom. The number of anilines is 1. The highest BCUT2D eigenvalue weighted by Crippen LogP contribution is 2.36. The number of ether oxygens (including phenoxy) is 2. The number of aromatic nitrogens is 3. The lowest BCUT2D eigenvalue weighted by atomic mass is 10.0. The summed E-state index contributed by atoms with van der Waals surface area (Å²) in [7, 11) is 1.78. The summed E-state index contributed by atoms with van der Waals surface area (Å²) in [5.74, 6) is 2.41. The molecule has 2 unspecified atom stereocenters. The number of rotatable bonds is 9. The van der Waals surface area contributed by atoms with Gasteiger partial charge in [-0.3, -0.25) is 0 Å². The fourth-order valence-electron chi connectivity index (χ4n) is 3.94. The molecule has 9 nitrogen and oxygen atoms in total. The van der Waals surface area contributed by atoms with Crippen LogP contribution in [-0.4, -0.2) is 65.8 Å². The number of aryl methyl sites for hydroxylation is 2. The fourth-order valence-corrected chi connectivity index (χ4v) is 4.14. The van der Waals surface area contributed by atoms with E-state index < -0.39 is 6.10 Å². The van der Waals surface area contributed by atoms with E-state index in [4.69, 9.17) is 35.6 Å². The van der Waals surface area contributed by atoms with Crippen molar-refractivity contribution >= 4 is 17.4 Å². The van der Waals surface area contributed by atoms with Crippen molar-refractivity contribution in [3.8, 4) is 28.4 Å². The van der Waals surface area contributed by atoms with E-state index in [1.165, 1.54) is 0 Å². The van der Waals surface area contributed by atoms with E-state index in [2.05, 4.69) is 15.8 Å². The minimum absolute atomic E-state index is 0.148. The number of aliphatic hydroxyl groups excluding tert-OH is 1. The van der Waals surface area contributed by atoms with Gasteiger partial charge in [0.25, 0.3) is 0 Å². The van der Waals surface area contributed by atoms with Crippen LogP contribution in [0, 0.1) is 20.8 Å². The van der Waals surface area contributed by atoms with Crippen molar-refractivity contribution in [2.75, 3.05) is 38.7 Å². The zero-order valence-corrected chi connectivity index (χ0v) is 20.6. The van der Waals surface area contributed by atoms with Crippen LogP contribution in [0.25, 0.3) is 22.6 Å². The van der Waals surface area contributed by atoms with Crippen molar-refractivity contribution in [2.45, 2.75) is 39.3 Å². The zero-order valence-electron chi connectivity index (χ0n) is 19.8. The molecule has 34 heavy (non-hydrogen) atoms. The SMILES string of the molecule is CNCC(O)COc1ccc(Cl)c(-c2nc(NC3CCOC3)c(C)c(-c3c(C)noc3C)n2)c1. The normalized spacial score (nSPS) is 16.6. The molecule has 0 aliphatic carbocycles. The van der Waals surface area contributed by atoms with Crippen molar-refractivity contribution < 1.29 is 19.1 Å². The number of hydrogen-bond donors (Lipinski definition) is 3. The molecule has 4 rings (SSSR count). The maximum Gasteiger partial charge on any atom is 0.163 e. The van der Waals surface area contributed by atoms with Crippen LogP contribution in [0.4, 0.5) is 5.82 Å². The van der Waals surface area contributed by atoms with E-state index in [-0.39, 0.29) is 12.6 Å². The van der Waals surface area contributed by atoms with Gasteiger partial charge >= 0.3 is 0 Å². The van der Waals surface area contributed by atoms with Gasteiger partial charge in [-0.25, -0.2) is 9.97 Å². The van der Waals surface area contributed by atoms with Crippen molar-refractivity contribution in [3.63, 3.8) is 0 Å². The van der Waals surface area contributed by atoms with Gasteiger partial charge in [-0.1, -0.05) is 16.8 Å². The molecule has 182 valence electrons. The second kappa shape index (κ2) is 10.7. The lowest BCUT2D eigenvalue weighted by molar-refractivity contribution is 0.108. The maximum absolute atomic E-state index is 9.98. The molecule has 0 radical (unpaired) electrons. The van der Waals surface area contributed by atoms with E-state index >= 15 is 0 Å². The highest BCUT2D eigenvalue weighted by atomic mass is 35.5. The van der Waals surface area contributed by atoms with Gasteiger partial charge < -0.3 is 29.7 Å². The molecular formula is C24H30ClN5O4. The molecule has 3 N–H and O–H groups in total. The summed E-state index contributed by atoms with van der Waals surface area (Å²) in [6.45, 7) is 7.66. The molecule has 1 aliphatic heterocycles. The second-order valence-corrected chi connectivity index (χ2v) is 8.84. The molecule has 1 fully saturated rings. The molecule has 2 atom stereocenters. The van der Waals surface area contributed by atoms with Gasteiger partial charge in [0.1, 0.15) is 30.0 Å². The van der Waals surface area contributed by atoms with Gasteiger partial charge in [-0.2, -0.15) is 0 Å². The number of benzene rings is 1. The summed E-state index contributed by atoms with van der Waals surface area (Å²) in [5, 5.41) is 21.0. The van der Waals surface area contributed by atoms with Crippen molar-refractivity contribution in [1.82, 2.24) is 20.4 Å². The summed E-state index contributed by atoms with van der Waals surface area (Å²) in [4.78, 5) is 9.72. The minimum atomic E-state index is -0.629. The number of nitrogens with zero attached hydrogens (tertiary/aromatic N) is 3. The highest BCUT2D eigenvalue weighted by molar-refractivity contribution is 6.33. The Labute approximate surface area is 203 Å². The Morgan fingerprint density at radius 3 is 2.76 bits per heavy atom. The van der Waals surface area contributed by atoms with E-state index in [1.807, 2.05) is 20.8 Å². The Morgan fingerprint density at radius 1 is 1.26 bits per heavy atom. The molecule has 3 heterocycles. The molecule has 3 aromatic rings. The summed E-state index contributed by atoms with van der Waals surface area (Å²) in [5.41, 5.74) is 3.84. The third-order valence-electron chi connectivity index (χ3n) is 5.75. The largest absolute Gasteiger partial charge is 0.491 e. The minimum Gasteiger partial charge on any atom is -0.491 e. The predicted octanol–water partition coefficient (Wildman–Crippen LogP) is 3.54. The topological polar surface area (TPSA) is 115 Å². The summed E-state index contributed by atoms with van der Waals surface area (Å²) < 4.78 is 16.7. The highest BCUT2D eigenvalue weighted by Gasteiger charge is 2.24. The smallest absolute Gasteiger partial charge is 0.163 e. The number of halogens is 1. The van der Waals surface area contributed by atoms with Crippen molar-refractivity contribution in [2.24, 2.45) is 0 Å². The molecular weight excluding hydrogens is 458 g/mol. The van der Waals surface area contributed by atoms with Crippen LogP contribution in [0.2, 0.25) is 5.02 Å². The molecule has 1 saturated heterocycles. The lowest BCUT2D eigenvalue weighted by Crippen LogP contribution is -2.29. The standard InChI is InChI=1S/C24H30ClN5O4/c1-13-22(21-14(2)30-34-15(21)3)28-24(29-23(13)27-16-7-8-32-11-16)19-9-18(5-6-20(19)25)33-12-17(31)10-26-4/h5-6,9,16-17,26,31H,7-8,10-12H2,1-4H3,(H,27,28,29). The Balaban J connectivity index is 1.76. The molecule has 0 spiro atoms. The van der Waals surface area contributed by atoms with Crippen LogP contribution in [0.3, 0.4) is 0 Å². The van der Waals surface area contributed by atoms with Crippen molar-refractivity contribution in [1.29, 1.82) is 0 Å². The lowest BCUT2D eigenvalue weighted by Gasteiger charge is -2.18. The van der Waals surface area contributed by atoms with Gasteiger partial charge in [0.2, 0.25) is 0 Å². The van der Waals surface area contributed by atoms with Crippen molar-refractivity contribution in [3.05, 3.63) is 40.2 Å². The average molecular weight is 488 g/mol. The van der Waals surface area contributed by atoms with Crippen LogP contribution in [0.1, 0.15) is 23.4 Å². The predicted molar refractivity (Wildman–Crippen MR) is 130 cm³/mol. The number of likely N-dealkylation sites (N-methyl/N-ethyl adjacent to an activating group) is 1. The first-order chi connectivity index (χ1) is 16.4. The van der Waals surface area contributed by atoms with E-state index in [9.17, 15) is 5.11 Å². The fraction of sp³-hybridized carbons (Fsp3) is 0.458. The molecule has 1 aliphatic rings. The summed E-state index contributed by atoms with van der Waals surface area (Å²) >= 11 is 6.58. The average Bonchev–Trinajstić information content (AvgIpc) is 3.44. The third kappa shape index (κ3) is 5.33. The van der Waals surface area contributed by atoms with Gasteiger partial charge in [0.15, 0.2) is 5.82 Å². The first-order valence-corrected chi connectivity index (χ1v) is 11.7. The van der Waals surface area contributed by atoms with Gasteiger partial charge in [0, 0.05) is 24.3 Å². The van der Waals surface area contributed by atoms with E-state index in [1.54, 1.807) is 25.2 Å². The molecule has 2 aromatic heterocycles. The second-order valence-electron chi connectivity index (χ2n) is 8.44.